The van der Waals surface area contributed by atoms with Gasteiger partial charge in [0.25, 0.3) is 0 Å². The molecule has 0 fully saturated rings. The van der Waals surface area contributed by atoms with Gasteiger partial charge in [-0.25, -0.2) is 0 Å². The zero-order valence-corrected chi connectivity index (χ0v) is 10.8. The highest BCUT2D eigenvalue weighted by Crippen LogP contribution is 2.29. The van der Waals surface area contributed by atoms with Crippen molar-refractivity contribution in [3.63, 3.8) is 0 Å². The lowest BCUT2D eigenvalue weighted by Gasteiger charge is -2.20. The molecule has 1 aromatic rings. The van der Waals surface area contributed by atoms with E-state index in [4.69, 9.17) is 9.47 Å². The lowest BCUT2D eigenvalue weighted by molar-refractivity contribution is 0.236. The van der Waals surface area contributed by atoms with E-state index in [1.54, 1.807) is 14.2 Å². The number of allylic oxidation sites excluding steroid dienone is 4. The molecule has 2 rings (SSSR count). The third kappa shape index (κ3) is 2.65. The predicted molar refractivity (Wildman–Crippen MR) is 73.8 cm³/mol. The SMILES string of the molecule is COC(=C(OC)C1C=CC=CC1)c1ccccc1. The minimum Gasteiger partial charge on any atom is -0.497 e. The zero-order valence-electron chi connectivity index (χ0n) is 10.8. The summed E-state index contributed by atoms with van der Waals surface area (Å²) in [7, 11) is 3.38. The van der Waals surface area contributed by atoms with E-state index in [1.165, 1.54) is 0 Å². The average molecular weight is 242 g/mol. The van der Waals surface area contributed by atoms with Gasteiger partial charge < -0.3 is 9.47 Å². The molecule has 94 valence electrons. The summed E-state index contributed by atoms with van der Waals surface area (Å²) in [6, 6.07) is 10.0. The quantitative estimate of drug-likeness (QED) is 0.748. The van der Waals surface area contributed by atoms with Crippen molar-refractivity contribution in [2.45, 2.75) is 6.42 Å². The maximum absolute atomic E-state index is 5.57. The summed E-state index contributed by atoms with van der Waals surface area (Å²) >= 11 is 0. The first kappa shape index (κ1) is 12.5. The molecule has 2 nitrogen and oxygen atoms in total. The van der Waals surface area contributed by atoms with E-state index < -0.39 is 0 Å². The fourth-order valence-corrected chi connectivity index (χ4v) is 2.14. The van der Waals surface area contributed by atoms with E-state index in [0.717, 1.165) is 23.5 Å². The summed E-state index contributed by atoms with van der Waals surface area (Å²) in [6.07, 6.45) is 9.33. The third-order valence-corrected chi connectivity index (χ3v) is 3.00. The highest BCUT2D eigenvalue weighted by atomic mass is 16.5. The summed E-state index contributed by atoms with van der Waals surface area (Å²) in [5, 5.41) is 0. The van der Waals surface area contributed by atoms with Crippen LogP contribution in [0.25, 0.3) is 5.76 Å². The van der Waals surface area contributed by atoms with E-state index >= 15 is 0 Å². The number of rotatable bonds is 4. The van der Waals surface area contributed by atoms with Crippen LogP contribution in [0.4, 0.5) is 0 Å². The van der Waals surface area contributed by atoms with Crippen molar-refractivity contribution in [3.05, 3.63) is 66.0 Å². The molecule has 0 aromatic heterocycles. The van der Waals surface area contributed by atoms with Crippen LogP contribution in [0, 0.1) is 5.92 Å². The molecule has 0 N–H and O–H groups in total. The van der Waals surface area contributed by atoms with E-state index in [9.17, 15) is 0 Å². The predicted octanol–water partition coefficient (Wildman–Crippen LogP) is 3.78. The van der Waals surface area contributed by atoms with Crippen LogP contribution >= 0.6 is 0 Å². The van der Waals surface area contributed by atoms with E-state index in [1.807, 2.05) is 36.4 Å². The smallest absolute Gasteiger partial charge is 0.164 e. The van der Waals surface area contributed by atoms with Crippen molar-refractivity contribution < 1.29 is 9.47 Å². The van der Waals surface area contributed by atoms with Gasteiger partial charge >= 0.3 is 0 Å². The Hall–Kier alpha value is -1.96. The van der Waals surface area contributed by atoms with Gasteiger partial charge in [0.15, 0.2) is 5.76 Å². The largest absolute Gasteiger partial charge is 0.497 e. The number of ether oxygens (including phenoxy) is 2. The van der Waals surface area contributed by atoms with E-state index in [0.29, 0.717) is 0 Å². The third-order valence-electron chi connectivity index (χ3n) is 3.00. The van der Waals surface area contributed by atoms with Crippen LogP contribution in [0.1, 0.15) is 12.0 Å². The summed E-state index contributed by atoms with van der Waals surface area (Å²) in [4.78, 5) is 0. The minimum atomic E-state index is 0.246. The van der Waals surface area contributed by atoms with Crippen LogP contribution in [0.2, 0.25) is 0 Å². The van der Waals surface area contributed by atoms with E-state index in [-0.39, 0.29) is 5.92 Å². The van der Waals surface area contributed by atoms with Gasteiger partial charge in [-0.1, -0.05) is 54.6 Å². The van der Waals surface area contributed by atoms with Crippen LogP contribution in [-0.2, 0) is 9.47 Å². The Bertz CT molecular complexity index is 469. The molecule has 1 aliphatic rings. The molecule has 0 bridgehead atoms. The highest BCUT2D eigenvalue weighted by Gasteiger charge is 2.19. The first-order chi connectivity index (χ1) is 8.86. The van der Waals surface area contributed by atoms with Crippen LogP contribution in [0.3, 0.4) is 0 Å². The maximum atomic E-state index is 5.57. The molecule has 1 atom stereocenters. The fourth-order valence-electron chi connectivity index (χ4n) is 2.14. The van der Waals surface area contributed by atoms with Gasteiger partial charge in [0.1, 0.15) is 5.76 Å². The Morgan fingerprint density at radius 3 is 2.39 bits per heavy atom. The standard InChI is InChI=1S/C16H18O2/c1-17-15(13-9-5-3-6-10-13)16(18-2)14-11-7-4-8-12-14/h3-11,14H,12H2,1-2H3. The Labute approximate surface area is 108 Å². The number of hydrogen-bond donors (Lipinski definition) is 0. The fraction of sp³-hybridized carbons (Fsp3) is 0.250. The molecule has 2 heteroatoms. The maximum Gasteiger partial charge on any atom is 0.164 e. The molecule has 0 radical (unpaired) electrons. The molecule has 0 aliphatic heterocycles. The molecule has 1 aliphatic carbocycles. The van der Waals surface area contributed by atoms with Crippen molar-refractivity contribution in [1.82, 2.24) is 0 Å². The summed E-state index contributed by atoms with van der Waals surface area (Å²) < 4.78 is 11.1. The average Bonchev–Trinajstić information content (AvgIpc) is 2.46. The molecule has 1 aromatic carbocycles. The molecule has 1 unspecified atom stereocenters. The van der Waals surface area contributed by atoms with Crippen molar-refractivity contribution in [2.24, 2.45) is 5.92 Å². The van der Waals surface area contributed by atoms with Gasteiger partial charge in [-0.15, -0.1) is 0 Å². The topological polar surface area (TPSA) is 18.5 Å². The van der Waals surface area contributed by atoms with E-state index in [2.05, 4.69) is 18.2 Å². The number of methoxy groups -OCH3 is 2. The summed E-state index contributed by atoms with van der Waals surface area (Å²) in [6.45, 7) is 0. The van der Waals surface area contributed by atoms with Gasteiger partial charge in [-0.2, -0.15) is 0 Å². The van der Waals surface area contributed by atoms with Gasteiger partial charge in [0, 0.05) is 11.5 Å². The molecule has 0 spiro atoms. The monoisotopic (exact) mass is 242 g/mol. The molecule has 0 heterocycles. The zero-order chi connectivity index (χ0) is 12.8. The normalized spacial score (nSPS) is 19.3. The van der Waals surface area contributed by atoms with Gasteiger partial charge in [0.05, 0.1) is 14.2 Å². The van der Waals surface area contributed by atoms with Crippen LogP contribution < -0.4 is 0 Å². The van der Waals surface area contributed by atoms with Gasteiger partial charge in [0.2, 0.25) is 0 Å². The Morgan fingerprint density at radius 2 is 1.83 bits per heavy atom. The first-order valence-electron chi connectivity index (χ1n) is 6.07. The first-order valence-corrected chi connectivity index (χ1v) is 6.07. The van der Waals surface area contributed by atoms with Crippen LogP contribution in [0.15, 0.2) is 60.4 Å². The Balaban J connectivity index is 2.39. The van der Waals surface area contributed by atoms with Crippen LogP contribution in [-0.4, -0.2) is 14.2 Å². The van der Waals surface area contributed by atoms with Crippen LogP contribution in [0.5, 0.6) is 0 Å². The lowest BCUT2D eigenvalue weighted by atomic mass is 9.96. The van der Waals surface area contributed by atoms with Gasteiger partial charge in [-0.05, 0) is 6.42 Å². The molecule has 0 amide bonds. The molecular formula is C16H18O2. The second-order valence-corrected chi connectivity index (χ2v) is 4.12. The highest BCUT2D eigenvalue weighted by molar-refractivity contribution is 5.62. The Morgan fingerprint density at radius 1 is 1.06 bits per heavy atom. The lowest BCUT2D eigenvalue weighted by Crippen LogP contribution is -2.08. The second kappa shape index (κ2) is 6.10. The summed E-state index contributed by atoms with van der Waals surface area (Å²) in [5.41, 5.74) is 1.04. The molecule has 0 saturated heterocycles. The number of benzene rings is 1. The second-order valence-electron chi connectivity index (χ2n) is 4.12. The van der Waals surface area contributed by atoms with Crippen molar-refractivity contribution >= 4 is 5.76 Å². The number of hydrogen-bond acceptors (Lipinski definition) is 2. The van der Waals surface area contributed by atoms with Crippen molar-refractivity contribution in [1.29, 1.82) is 0 Å². The molecule has 0 saturated carbocycles. The molecule has 18 heavy (non-hydrogen) atoms. The van der Waals surface area contributed by atoms with Crippen molar-refractivity contribution in [2.75, 3.05) is 14.2 Å². The van der Waals surface area contributed by atoms with Crippen molar-refractivity contribution in [3.8, 4) is 0 Å². The molecular weight excluding hydrogens is 224 g/mol. The summed E-state index contributed by atoms with van der Waals surface area (Å²) in [5.74, 6) is 1.93. The Kier molecular flexibility index (Phi) is 4.24. The minimum absolute atomic E-state index is 0.246. The van der Waals surface area contributed by atoms with Gasteiger partial charge in [-0.3, -0.25) is 0 Å².